The number of hydrogen-bond acceptors (Lipinski definition) is 7. The number of aromatic nitrogens is 4. The number of fused-ring (bicyclic) bond motifs is 1. The Morgan fingerprint density at radius 2 is 2.22 bits per heavy atom. The molecule has 2 atom stereocenters. The van der Waals surface area contributed by atoms with Crippen molar-refractivity contribution in [2.24, 2.45) is 0 Å². The van der Waals surface area contributed by atoms with Crippen molar-refractivity contribution in [3.63, 3.8) is 0 Å². The zero-order valence-corrected chi connectivity index (χ0v) is 10.8. The summed E-state index contributed by atoms with van der Waals surface area (Å²) in [5.74, 6) is 0.332. The van der Waals surface area contributed by atoms with Crippen LogP contribution in [0, 0.1) is 0 Å². The maximum absolute atomic E-state index is 9.19. The van der Waals surface area contributed by atoms with Gasteiger partial charge in [0.1, 0.15) is 5.52 Å². The highest BCUT2D eigenvalue weighted by atomic mass is 31.0. The first kappa shape index (κ1) is 12.9. The monoisotopic (exact) mass is 270 g/mol. The number of nitrogens with zero attached hydrogens (tertiary/aromatic N) is 4. The number of hydrogen-bond donors (Lipinski definition) is 3. The van der Waals surface area contributed by atoms with Gasteiger partial charge in [-0.25, -0.2) is 4.98 Å². The van der Waals surface area contributed by atoms with Crippen LogP contribution in [0.25, 0.3) is 11.2 Å². The van der Waals surface area contributed by atoms with E-state index in [2.05, 4.69) is 24.2 Å². The van der Waals surface area contributed by atoms with Crippen molar-refractivity contribution in [2.45, 2.75) is 12.6 Å². The van der Waals surface area contributed by atoms with E-state index in [4.69, 9.17) is 16.2 Å². The number of rotatable bonds is 5. The number of imidazole rings is 1. The zero-order valence-electron chi connectivity index (χ0n) is 9.65. The summed E-state index contributed by atoms with van der Waals surface area (Å²) in [6, 6.07) is 0. The predicted octanol–water partition coefficient (Wildman–Crippen LogP) is -0.799. The normalized spacial score (nSPS) is 13.0. The van der Waals surface area contributed by atoms with E-state index in [-0.39, 0.29) is 24.5 Å². The van der Waals surface area contributed by atoms with Gasteiger partial charge in [-0.2, -0.15) is 9.97 Å². The van der Waals surface area contributed by atoms with Gasteiger partial charge in [-0.3, -0.25) is 0 Å². The van der Waals surface area contributed by atoms with Crippen molar-refractivity contribution < 1.29 is 9.84 Å². The molecule has 0 bridgehead atoms. The molecule has 0 spiro atoms. The Bertz CT molecular complexity index is 545. The molecule has 2 unspecified atom stereocenters. The number of ether oxygens (including phenoxy) is 1. The maximum Gasteiger partial charge on any atom is 0.224 e. The molecule has 2 aromatic rings. The lowest BCUT2D eigenvalue weighted by Gasteiger charge is -2.14. The summed E-state index contributed by atoms with van der Waals surface area (Å²) < 4.78 is 7.06. The van der Waals surface area contributed by atoms with Gasteiger partial charge in [-0.1, -0.05) is 0 Å². The molecule has 0 saturated carbocycles. The van der Waals surface area contributed by atoms with Gasteiger partial charge >= 0.3 is 0 Å². The Morgan fingerprint density at radius 1 is 1.44 bits per heavy atom. The molecule has 98 valence electrons. The van der Waals surface area contributed by atoms with Crippen LogP contribution in [-0.4, -0.2) is 43.7 Å². The van der Waals surface area contributed by atoms with E-state index in [0.717, 1.165) is 0 Å². The molecule has 0 amide bonds. The number of anilines is 2. The third-order valence-electron chi connectivity index (χ3n) is 2.44. The molecule has 18 heavy (non-hydrogen) atoms. The topological polar surface area (TPSA) is 125 Å². The quantitative estimate of drug-likeness (QED) is 0.607. The average molecular weight is 270 g/mol. The largest absolute Gasteiger partial charge is 0.394 e. The fourth-order valence-electron chi connectivity index (χ4n) is 1.64. The highest BCUT2D eigenvalue weighted by Gasteiger charge is 2.14. The van der Waals surface area contributed by atoms with Crippen LogP contribution in [0.15, 0.2) is 6.33 Å². The second-order valence-electron chi connectivity index (χ2n) is 3.67. The van der Waals surface area contributed by atoms with Gasteiger partial charge in [0.25, 0.3) is 0 Å². The van der Waals surface area contributed by atoms with Crippen molar-refractivity contribution in [3.8, 4) is 0 Å². The fourth-order valence-corrected chi connectivity index (χ4v) is 1.91. The summed E-state index contributed by atoms with van der Waals surface area (Å²) in [7, 11) is 2.44. The number of nitrogens with two attached hydrogens (primary N) is 2. The molecule has 0 fully saturated rings. The van der Waals surface area contributed by atoms with Crippen molar-refractivity contribution in [1.29, 1.82) is 0 Å². The van der Waals surface area contributed by atoms with E-state index in [1.54, 1.807) is 10.9 Å². The maximum atomic E-state index is 9.19. The zero-order chi connectivity index (χ0) is 13.1. The third-order valence-corrected chi connectivity index (χ3v) is 2.64. The van der Waals surface area contributed by atoms with Crippen LogP contribution in [0.3, 0.4) is 0 Å². The van der Waals surface area contributed by atoms with Crippen LogP contribution in [0.4, 0.5) is 11.8 Å². The fraction of sp³-hybridized carbons (Fsp3) is 0.444. The van der Waals surface area contributed by atoms with Crippen molar-refractivity contribution >= 4 is 32.2 Å². The van der Waals surface area contributed by atoms with Crippen LogP contribution in [0.1, 0.15) is 0 Å². The minimum atomic E-state index is -0.336. The molecule has 0 saturated heterocycles. The standard InChI is InChI=1S/C9H15N6O2P/c10-7-6-8(14-9(11)13-7)15(3-12-6)1-5(2-16)17-4-18/h3,5,16H,1-2,4,18H2,(H4,10,11,13,14). The van der Waals surface area contributed by atoms with Crippen LogP contribution in [-0.2, 0) is 11.3 Å². The molecule has 2 rings (SSSR count). The summed E-state index contributed by atoms with van der Waals surface area (Å²) in [6.45, 7) is 0.321. The summed E-state index contributed by atoms with van der Waals surface area (Å²) in [5.41, 5.74) is 12.3. The van der Waals surface area contributed by atoms with E-state index < -0.39 is 0 Å². The van der Waals surface area contributed by atoms with Gasteiger partial charge in [0.15, 0.2) is 11.5 Å². The number of aliphatic hydroxyl groups is 1. The molecule has 9 heteroatoms. The Balaban J connectivity index is 2.34. The summed E-state index contributed by atoms with van der Waals surface area (Å²) >= 11 is 0. The first-order valence-corrected chi connectivity index (χ1v) is 6.13. The number of aliphatic hydroxyl groups excluding tert-OH is 1. The molecular weight excluding hydrogens is 255 g/mol. The third kappa shape index (κ3) is 2.50. The highest BCUT2D eigenvalue weighted by Crippen LogP contribution is 2.17. The smallest absolute Gasteiger partial charge is 0.224 e. The van der Waals surface area contributed by atoms with Gasteiger partial charge in [0.2, 0.25) is 5.95 Å². The van der Waals surface area contributed by atoms with Gasteiger partial charge < -0.3 is 25.9 Å². The van der Waals surface area contributed by atoms with E-state index in [1.165, 1.54) is 0 Å². The van der Waals surface area contributed by atoms with Crippen molar-refractivity contribution in [1.82, 2.24) is 19.5 Å². The van der Waals surface area contributed by atoms with Gasteiger partial charge in [0, 0.05) is 0 Å². The minimum absolute atomic E-state index is 0.0919. The van der Waals surface area contributed by atoms with E-state index >= 15 is 0 Å². The molecule has 0 aliphatic rings. The molecule has 0 aliphatic carbocycles. The Labute approximate surface area is 106 Å². The van der Waals surface area contributed by atoms with Crippen LogP contribution in [0.5, 0.6) is 0 Å². The van der Waals surface area contributed by atoms with Crippen molar-refractivity contribution in [3.05, 3.63) is 6.33 Å². The van der Waals surface area contributed by atoms with Crippen molar-refractivity contribution in [2.75, 3.05) is 24.4 Å². The Kier molecular flexibility index (Phi) is 3.90. The number of nitrogen functional groups attached to an aromatic ring is 2. The molecule has 8 nitrogen and oxygen atoms in total. The second-order valence-corrected chi connectivity index (χ2v) is 4.01. The van der Waals surface area contributed by atoms with Gasteiger partial charge in [-0.05, 0) is 0 Å². The lowest BCUT2D eigenvalue weighted by molar-refractivity contribution is 0.0290. The summed E-state index contributed by atoms with van der Waals surface area (Å²) in [4.78, 5) is 12.0. The molecule has 0 radical (unpaired) electrons. The first-order chi connectivity index (χ1) is 8.65. The molecular formula is C9H15N6O2P. The molecule has 2 heterocycles. The van der Waals surface area contributed by atoms with Gasteiger partial charge in [-0.15, -0.1) is 9.24 Å². The lowest BCUT2D eigenvalue weighted by atomic mass is 10.3. The minimum Gasteiger partial charge on any atom is -0.394 e. The highest BCUT2D eigenvalue weighted by molar-refractivity contribution is 7.16. The average Bonchev–Trinajstić information content (AvgIpc) is 2.72. The Morgan fingerprint density at radius 3 is 2.89 bits per heavy atom. The van der Waals surface area contributed by atoms with Crippen LogP contribution >= 0.6 is 9.24 Å². The summed E-state index contributed by atoms with van der Waals surface area (Å²) in [5, 5.41) is 9.19. The lowest BCUT2D eigenvalue weighted by Crippen LogP contribution is -2.23. The van der Waals surface area contributed by atoms with Gasteiger partial charge in [0.05, 0.1) is 31.9 Å². The van der Waals surface area contributed by atoms with E-state index in [9.17, 15) is 5.11 Å². The van der Waals surface area contributed by atoms with Crippen LogP contribution in [0.2, 0.25) is 0 Å². The second kappa shape index (κ2) is 5.43. The molecule has 5 N–H and O–H groups in total. The SMILES string of the molecule is Nc1nc(N)c2ncn(CC(CO)OCP)c2n1. The Hall–Kier alpha value is -1.50. The summed E-state index contributed by atoms with van der Waals surface area (Å²) in [6.07, 6.45) is 1.68. The van der Waals surface area contributed by atoms with E-state index in [0.29, 0.717) is 24.1 Å². The van der Waals surface area contributed by atoms with Crippen LogP contribution < -0.4 is 11.5 Å². The molecule has 0 aromatic carbocycles. The molecule has 2 aromatic heterocycles. The predicted molar refractivity (Wildman–Crippen MR) is 70.7 cm³/mol. The van der Waals surface area contributed by atoms with E-state index in [1.807, 2.05) is 0 Å². The first-order valence-electron chi connectivity index (χ1n) is 5.32. The molecule has 0 aliphatic heterocycles.